The highest BCUT2D eigenvalue weighted by atomic mass is 16.5. The second-order valence-electron chi connectivity index (χ2n) is 7.76. The minimum absolute atomic E-state index is 0.0801. The van der Waals surface area contributed by atoms with Gasteiger partial charge >= 0.3 is 0 Å². The molecule has 5 rings (SSSR count). The zero-order valence-corrected chi connectivity index (χ0v) is 19.5. The number of anilines is 2. The highest BCUT2D eigenvalue weighted by Gasteiger charge is 2.15. The van der Waals surface area contributed by atoms with Crippen LogP contribution in [0.1, 0.15) is 18.2 Å². The molecule has 0 radical (unpaired) electrons. The van der Waals surface area contributed by atoms with Gasteiger partial charge in [0, 0.05) is 31.1 Å². The van der Waals surface area contributed by atoms with E-state index < -0.39 is 0 Å². The fraction of sp³-hybridized carbons (Fsp3) is 0.120. The van der Waals surface area contributed by atoms with Crippen molar-refractivity contribution in [1.29, 1.82) is 5.26 Å². The third kappa shape index (κ3) is 4.55. The van der Waals surface area contributed by atoms with Crippen molar-refractivity contribution in [2.75, 3.05) is 11.5 Å². The van der Waals surface area contributed by atoms with Crippen LogP contribution in [0.2, 0.25) is 0 Å². The average molecular weight is 483 g/mol. The summed E-state index contributed by atoms with van der Waals surface area (Å²) in [6.45, 7) is 1.99. The smallest absolute Gasteiger partial charge is 0.265 e. The maximum absolute atomic E-state index is 13.4. The zero-order valence-electron chi connectivity index (χ0n) is 19.5. The van der Waals surface area contributed by atoms with Crippen molar-refractivity contribution in [3.8, 4) is 23.0 Å². The molecule has 4 N–H and O–H groups in total. The highest BCUT2D eigenvalue weighted by Crippen LogP contribution is 2.27. The minimum Gasteiger partial charge on any atom is -0.382 e. The van der Waals surface area contributed by atoms with Crippen LogP contribution in [-0.2, 0) is 13.5 Å². The molecule has 0 aliphatic rings. The van der Waals surface area contributed by atoms with Gasteiger partial charge in [-0.15, -0.1) is 0 Å². The zero-order chi connectivity index (χ0) is 25.8. The summed E-state index contributed by atoms with van der Waals surface area (Å²) >= 11 is 0. The van der Waals surface area contributed by atoms with Crippen LogP contribution in [0.15, 0.2) is 75.2 Å². The number of aromatic nitrogens is 5. The Labute approximate surface area is 204 Å². The summed E-state index contributed by atoms with van der Waals surface area (Å²) in [6, 6.07) is 14.5. The van der Waals surface area contributed by atoms with Crippen LogP contribution in [0.4, 0.5) is 11.8 Å². The molecule has 0 fully saturated rings. The Morgan fingerprint density at radius 2 is 1.94 bits per heavy atom. The fourth-order valence-corrected chi connectivity index (χ4v) is 3.74. The van der Waals surface area contributed by atoms with Gasteiger partial charge in [-0.2, -0.15) is 10.2 Å². The van der Waals surface area contributed by atoms with Crippen LogP contribution in [0, 0.1) is 11.3 Å². The number of pyridine rings is 2. The van der Waals surface area contributed by atoms with Gasteiger partial charge in [0.1, 0.15) is 23.7 Å². The molecule has 180 valence electrons. The maximum atomic E-state index is 13.4. The van der Waals surface area contributed by atoms with E-state index in [4.69, 9.17) is 21.3 Å². The molecule has 1 aromatic carbocycles. The quantitative estimate of drug-likeness (QED) is 0.391. The van der Waals surface area contributed by atoms with Crippen molar-refractivity contribution < 1.29 is 4.52 Å². The maximum Gasteiger partial charge on any atom is 0.265 e. The van der Waals surface area contributed by atoms with E-state index in [0.717, 1.165) is 22.2 Å². The van der Waals surface area contributed by atoms with Crippen molar-refractivity contribution in [2.24, 2.45) is 7.05 Å². The molecule has 0 saturated heterocycles. The Bertz CT molecular complexity index is 1710. The lowest BCUT2D eigenvalue weighted by atomic mass is 9.99. The molecule has 0 spiro atoms. The Morgan fingerprint density at radius 3 is 2.58 bits per heavy atom. The van der Waals surface area contributed by atoms with Gasteiger partial charge in [-0.3, -0.25) is 14.2 Å². The molecule has 0 saturated carbocycles. The van der Waals surface area contributed by atoms with Crippen molar-refractivity contribution in [2.45, 2.75) is 13.3 Å². The molecule has 36 heavy (non-hydrogen) atoms. The van der Waals surface area contributed by atoms with E-state index in [-0.39, 0.29) is 28.4 Å². The molecule has 0 aliphatic heterocycles. The second kappa shape index (κ2) is 9.94. The predicted octanol–water partition coefficient (Wildman–Crippen LogP) is 2.42. The van der Waals surface area contributed by atoms with Gasteiger partial charge in [-0.05, 0) is 35.1 Å². The number of rotatable bonds is 3. The summed E-state index contributed by atoms with van der Waals surface area (Å²) in [5.74, 6) is 0.663. The summed E-state index contributed by atoms with van der Waals surface area (Å²) in [6.07, 6.45) is 5.16. The van der Waals surface area contributed by atoms with Gasteiger partial charge in [0.25, 0.3) is 5.56 Å². The van der Waals surface area contributed by atoms with Crippen LogP contribution < -0.4 is 22.6 Å². The van der Waals surface area contributed by atoms with Gasteiger partial charge in [0.15, 0.2) is 5.82 Å². The van der Waals surface area contributed by atoms with Crippen LogP contribution in [0.25, 0.3) is 27.7 Å². The van der Waals surface area contributed by atoms with Crippen LogP contribution in [0.5, 0.6) is 0 Å². The number of nitriles is 1. The van der Waals surface area contributed by atoms with Crippen molar-refractivity contribution in [3.63, 3.8) is 0 Å². The number of hydrogen-bond donors (Lipinski definition) is 2. The molecule has 5 aromatic rings. The minimum atomic E-state index is -0.155. The molecule has 11 heteroatoms. The summed E-state index contributed by atoms with van der Waals surface area (Å²) in [4.78, 5) is 32.2. The number of hydrogen-bond acceptors (Lipinski definition) is 9. The molecule has 11 nitrogen and oxygen atoms in total. The molecule has 0 bridgehead atoms. The Balaban J connectivity index is 0.000000256. The lowest BCUT2D eigenvalue weighted by molar-refractivity contribution is 0.416. The molecule has 0 amide bonds. The van der Waals surface area contributed by atoms with E-state index in [1.165, 1.54) is 23.1 Å². The van der Waals surface area contributed by atoms with E-state index in [9.17, 15) is 9.59 Å². The Morgan fingerprint density at radius 1 is 1.14 bits per heavy atom. The first-order valence-corrected chi connectivity index (χ1v) is 10.9. The molecule has 0 aliphatic carbocycles. The third-order valence-corrected chi connectivity index (χ3v) is 5.49. The van der Waals surface area contributed by atoms with Gasteiger partial charge in [0.2, 0.25) is 11.5 Å². The van der Waals surface area contributed by atoms with E-state index in [1.807, 2.05) is 37.3 Å². The topological polar surface area (TPSA) is 172 Å². The predicted molar refractivity (Wildman–Crippen MR) is 135 cm³/mol. The van der Waals surface area contributed by atoms with Crippen LogP contribution >= 0.6 is 0 Å². The lowest BCUT2D eigenvalue weighted by Gasteiger charge is -2.13. The Hall–Kier alpha value is -5.24. The van der Waals surface area contributed by atoms with Crippen molar-refractivity contribution in [3.05, 3.63) is 93.1 Å². The number of nitrogens with zero attached hydrogens (tertiary/aromatic N) is 6. The largest absolute Gasteiger partial charge is 0.382 e. The standard InChI is InChI=1S/C20H17N3O3.C5H5N5/c1-3-15-11-13-5-4-6-16(14-7-8-18(24)22(2)12-14)19(13)20(25)23(15)17-9-10-26-21-17;6-1-3-2-9-5(8)10-4(3)7/h4-12H,3H2,1-2H3;2H,(H4,7,8,9,10). The SMILES string of the molecule is CCc1cc2cccc(-c3ccc(=O)n(C)c3)c2c(=O)n1-c1ccon1.N#Cc1cnc(N)nc1N. The van der Waals surface area contributed by atoms with Gasteiger partial charge in [-0.25, -0.2) is 4.98 Å². The van der Waals surface area contributed by atoms with Gasteiger partial charge in [0.05, 0.1) is 11.6 Å². The molecule has 0 unspecified atom stereocenters. The summed E-state index contributed by atoms with van der Waals surface area (Å²) in [5, 5.41) is 13.7. The monoisotopic (exact) mass is 482 g/mol. The molecule has 4 heterocycles. The first-order chi connectivity index (χ1) is 17.3. The van der Waals surface area contributed by atoms with Crippen molar-refractivity contribution in [1.82, 2.24) is 24.3 Å². The van der Waals surface area contributed by atoms with Gasteiger partial charge in [-0.1, -0.05) is 30.3 Å². The highest BCUT2D eigenvalue weighted by molar-refractivity contribution is 5.96. The third-order valence-electron chi connectivity index (χ3n) is 5.49. The van der Waals surface area contributed by atoms with Crippen LogP contribution in [-0.4, -0.2) is 24.3 Å². The van der Waals surface area contributed by atoms with Gasteiger partial charge < -0.3 is 20.6 Å². The normalized spacial score (nSPS) is 10.5. The number of aryl methyl sites for hydroxylation is 2. The van der Waals surface area contributed by atoms with E-state index in [1.54, 1.807) is 29.9 Å². The van der Waals surface area contributed by atoms with E-state index in [2.05, 4.69) is 15.1 Å². The van der Waals surface area contributed by atoms with E-state index in [0.29, 0.717) is 17.6 Å². The van der Waals surface area contributed by atoms with Crippen LogP contribution in [0.3, 0.4) is 0 Å². The Kier molecular flexibility index (Phi) is 6.60. The molecule has 4 aromatic heterocycles. The number of nitrogen functional groups attached to an aromatic ring is 2. The summed E-state index contributed by atoms with van der Waals surface area (Å²) in [5.41, 5.74) is 12.9. The number of benzene rings is 1. The summed E-state index contributed by atoms with van der Waals surface area (Å²) < 4.78 is 8.02. The first-order valence-electron chi connectivity index (χ1n) is 10.9. The summed E-state index contributed by atoms with van der Waals surface area (Å²) in [7, 11) is 1.69. The molecular weight excluding hydrogens is 460 g/mol. The molecule has 0 atom stereocenters. The fourth-order valence-electron chi connectivity index (χ4n) is 3.74. The van der Waals surface area contributed by atoms with Crippen molar-refractivity contribution >= 4 is 22.5 Å². The number of fused-ring (bicyclic) bond motifs is 1. The lowest BCUT2D eigenvalue weighted by Crippen LogP contribution is -2.23. The number of nitrogens with two attached hydrogens (primary N) is 2. The molecular formula is C25H22N8O3. The first kappa shape index (κ1) is 23.9. The average Bonchev–Trinajstić information content (AvgIpc) is 3.40. The van der Waals surface area contributed by atoms with E-state index >= 15 is 0 Å². The second-order valence-corrected chi connectivity index (χ2v) is 7.76.